The zero-order valence-electron chi connectivity index (χ0n) is 23.6. The third-order valence-electron chi connectivity index (χ3n) is 7.21. The quantitative estimate of drug-likeness (QED) is 0.196. The normalized spacial score (nSPS) is 16.3. The Balaban J connectivity index is 1.58. The number of nitrogens with one attached hydrogen (secondary N) is 2. The number of benzene rings is 2. The Hall–Kier alpha value is -4.25. The van der Waals surface area contributed by atoms with E-state index in [2.05, 4.69) is 33.2 Å². The standard InChI is InChI=1S/C31H30ClN5O4S/c1-18-15-23(19(2)36(18)21-10-8-20(9-11-21)30(39)41-4)29-28(26-7-5-6-14-33-26)35-31(42)37(29)22-12-13-25(24(32)16-22)34-27(38)17-40-3/h5-16,28-29H,17H2,1-4H3,(H,34,38)(H,35,42)/t28-,29-/m0/s1. The first-order chi connectivity index (χ1) is 20.2. The SMILES string of the molecule is COCC(=O)Nc1ccc(N2C(=S)N[C@@H](c3ccccn3)[C@@H]2c2cc(C)n(-c3ccc(C(=O)OC)cc3)c2C)cc1Cl. The van der Waals surface area contributed by atoms with E-state index >= 15 is 0 Å². The molecule has 0 saturated carbocycles. The summed E-state index contributed by atoms with van der Waals surface area (Å²) in [6.07, 6.45) is 1.76. The molecule has 2 N–H and O–H groups in total. The molecule has 2 atom stereocenters. The molecule has 4 aromatic rings. The predicted octanol–water partition coefficient (Wildman–Crippen LogP) is 5.69. The highest BCUT2D eigenvalue weighted by Gasteiger charge is 2.42. The number of thiocarbonyl (C=S) groups is 1. The molecule has 1 aliphatic rings. The van der Waals surface area contributed by atoms with Crippen molar-refractivity contribution in [1.82, 2.24) is 14.9 Å². The number of pyridine rings is 1. The second-order valence-corrected chi connectivity index (χ2v) is 10.6. The predicted molar refractivity (Wildman–Crippen MR) is 166 cm³/mol. The molecule has 1 amide bonds. The molecule has 9 nitrogen and oxygen atoms in total. The van der Waals surface area contributed by atoms with Crippen LogP contribution in [0.25, 0.3) is 5.69 Å². The van der Waals surface area contributed by atoms with Crippen molar-refractivity contribution in [2.75, 3.05) is 31.0 Å². The van der Waals surface area contributed by atoms with Crippen LogP contribution in [0.1, 0.15) is 45.1 Å². The van der Waals surface area contributed by atoms with Gasteiger partial charge in [0.15, 0.2) is 5.11 Å². The smallest absolute Gasteiger partial charge is 0.337 e. The van der Waals surface area contributed by atoms with E-state index in [1.807, 2.05) is 48.2 Å². The van der Waals surface area contributed by atoms with Gasteiger partial charge in [-0.2, -0.15) is 0 Å². The minimum atomic E-state index is -0.384. The van der Waals surface area contributed by atoms with Gasteiger partial charge in [0.1, 0.15) is 6.61 Å². The Morgan fingerprint density at radius 2 is 1.79 bits per heavy atom. The van der Waals surface area contributed by atoms with Crippen molar-refractivity contribution in [3.8, 4) is 5.69 Å². The van der Waals surface area contributed by atoms with Crippen molar-refractivity contribution in [3.63, 3.8) is 0 Å². The average Bonchev–Trinajstić information content (AvgIpc) is 3.49. The summed E-state index contributed by atoms with van der Waals surface area (Å²) in [5, 5.41) is 7.14. The molecule has 42 heavy (non-hydrogen) atoms. The molecule has 0 radical (unpaired) electrons. The molecule has 0 unspecified atom stereocenters. The van der Waals surface area contributed by atoms with E-state index in [-0.39, 0.29) is 30.6 Å². The Morgan fingerprint density at radius 1 is 1.05 bits per heavy atom. The summed E-state index contributed by atoms with van der Waals surface area (Å²) >= 11 is 12.5. The lowest BCUT2D eigenvalue weighted by Gasteiger charge is -2.28. The monoisotopic (exact) mass is 603 g/mol. The van der Waals surface area contributed by atoms with Gasteiger partial charge in [0.05, 0.1) is 41.2 Å². The molecule has 11 heteroatoms. The zero-order chi connectivity index (χ0) is 30.0. The van der Waals surface area contributed by atoms with Crippen LogP contribution in [0.5, 0.6) is 0 Å². The number of aryl methyl sites for hydroxylation is 1. The van der Waals surface area contributed by atoms with Gasteiger partial charge in [-0.3, -0.25) is 9.78 Å². The number of nitrogens with zero attached hydrogens (tertiary/aromatic N) is 3. The number of hydrogen-bond donors (Lipinski definition) is 2. The summed E-state index contributed by atoms with van der Waals surface area (Å²) in [6.45, 7) is 4.03. The van der Waals surface area contributed by atoms with E-state index in [0.29, 0.717) is 21.4 Å². The Labute approximate surface area is 254 Å². The lowest BCUT2D eigenvalue weighted by molar-refractivity contribution is -0.119. The molecule has 5 rings (SSSR count). The molecule has 0 spiro atoms. The van der Waals surface area contributed by atoms with Crippen molar-refractivity contribution in [1.29, 1.82) is 0 Å². The first-order valence-corrected chi connectivity index (χ1v) is 14.0. The van der Waals surface area contributed by atoms with Crippen LogP contribution >= 0.6 is 23.8 Å². The number of ether oxygens (including phenoxy) is 2. The van der Waals surface area contributed by atoms with Crippen molar-refractivity contribution in [3.05, 3.63) is 106 Å². The van der Waals surface area contributed by atoms with Crippen LogP contribution in [0.3, 0.4) is 0 Å². The van der Waals surface area contributed by atoms with Gasteiger partial charge in [-0.05, 0) is 92.3 Å². The largest absolute Gasteiger partial charge is 0.465 e. The highest BCUT2D eigenvalue weighted by Crippen LogP contribution is 2.44. The number of carbonyl (C=O) groups is 2. The topological polar surface area (TPSA) is 97.7 Å². The van der Waals surface area contributed by atoms with E-state index in [1.54, 1.807) is 30.5 Å². The maximum atomic E-state index is 12.1. The second kappa shape index (κ2) is 12.3. The average molecular weight is 604 g/mol. The van der Waals surface area contributed by atoms with Crippen molar-refractivity contribution < 1.29 is 19.1 Å². The number of amides is 1. The van der Waals surface area contributed by atoms with Crippen LogP contribution in [0.15, 0.2) is 72.9 Å². The van der Waals surface area contributed by atoms with E-state index in [9.17, 15) is 9.59 Å². The fourth-order valence-electron chi connectivity index (χ4n) is 5.37. The first kappa shape index (κ1) is 29.2. The van der Waals surface area contributed by atoms with Gasteiger partial charge in [0.25, 0.3) is 0 Å². The van der Waals surface area contributed by atoms with Gasteiger partial charge in [-0.15, -0.1) is 0 Å². The van der Waals surface area contributed by atoms with Gasteiger partial charge in [-0.1, -0.05) is 17.7 Å². The summed E-state index contributed by atoms with van der Waals surface area (Å²) in [6, 6.07) is 20.2. The number of esters is 1. The summed E-state index contributed by atoms with van der Waals surface area (Å²) in [7, 11) is 2.82. The van der Waals surface area contributed by atoms with Crippen LogP contribution in [0.2, 0.25) is 5.02 Å². The minimum absolute atomic E-state index is 0.0763. The Morgan fingerprint density at radius 3 is 2.43 bits per heavy atom. The Bertz CT molecular complexity index is 1640. The van der Waals surface area contributed by atoms with E-state index in [1.165, 1.54) is 14.2 Å². The lowest BCUT2D eigenvalue weighted by Crippen LogP contribution is -2.29. The number of rotatable bonds is 8. The van der Waals surface area contributed by atoms with Crippen molar-refractivity contribution in [2.45, 2.75) is 25.9 Å². The first-order valence-electron chi connectivity index (χ1n) is 13.2. The molecule has 2 aromatic heterocycles. The molecule has 1 saturated heterocycles. The fraction of sp³-hybridized carbons (Fsp3) is 0.226. The third-order valence-corrected chi connectivity index (χ3v) is 7.84. The highest BCUT2D eigenvalue weighted by atomic mass is 35.5. The van der Waals surface area contributed by atoms with Crippen LogP contribution < -0.4 is 15.5 Å². The number of anilines is 2. The van der Waals surface area contributed by atoms with Gasteiger partial charge in [0, 0.05) is 36.1 Å². The number of halogens is 1. The van der Waals surface area contributed by atoms with Gasteiger partial charge >= 0.3 is 5.97 Å². The molecule has 1 fully saturated rings. The maximum Gasteiger partial charge on any atom is 0.337 e. The summed E-state index contributed by atoms with van der Waals surface area (Å²) in [4.78, 5) is 30.7. The van der Waals surface area contributed by atoms with E-state index < -0.39 is 0 Å². The maximum absolute atomic E-state index is 12.1. The zero-order valence-corrected chi connectivity index (χ0v) is 25.1. The van der Waals surface area contributed by atoms with Gasteiger partial charge < -0.3 is 29.6 Å². The molecular formula is C31H30ClN5O4S. The van der Waals surface area contributed by atoms with Crippen LogP contribution in [-0.4, -0.2) is 47.4 Å². The molecule has 2 aromatic carbocycles. The molecule has 216 valence electrons. The lowest BCUT2D eigenvalue weighted by atomic mass is 9.96. The van der Waals surface area contributed by atoms with E-state index in [0.717, 1.165) is 34.0 Å². The molecule has 1 aliphatic heterocycles. The number of methoxy groups -OCH3 is 2. The van der Waals surface area contributed by atoms with Gasteiger partial charge in [-0.25, -0.2) is 4.79 Å². The Kier molecular flexibility index (Phi) is 8.58. The third kappa shape index (κ3) is 5.61. The van der Waals surface area contributed by atoms with Crippen LogP contribution in [-0.2, 0) is 14.3 Å². The molecular weight excluding hydrogens is 574 g/mol. The second-order valence-electron chi connectivity index (χ2n) is 9.84. The number of hydrogen-bond acceptors (Lipinski definition) is 6. The number of aromatic nitrogens is 2. The van der Waals surface area contributed by atoms with Crippen LogP contribution in [0.4, 0.5) is 11.4 Å². The number of carbonyl (C=O) groups excluding carboxylic acids is 2. The molecule has 0 aliphatic carbocycles. The molecule has 3 heterocycles. The van der Waals surface area contributed by atoms with Crippen molar-refractivity contribution >= 4 is 52.2 Å². The minimum Gasteiger partial charge on any atom is -0.465 e. The highest BCUT2D eigenvalue weighted by molar-refractivity contribution is 7.80. The fourth-order valence-corrected chi connectivity index (χ4v) is 5.94. The van der Waals surface area contributed by atoms with E-state index in [4.69, 9.17) is 33.3 Å². The molecule has 0 bridgehead atoms. The van der Waals surface area contributed by atoms with Crippen molar-refractivity contribution in [2.24, 2.45) is 0 Å². The van der Waals surface area contributed by atoms with Gasteiger partial charge in [0.2, 0.25) is 5.91 Å². The summed E-state index contributed by atoms with van der Waals surface area (Å²) in [5.41, 5.74) is 6.54. The van der Waals surface area contributed by atoms with Crippen LogP contribution in [0, 0.1) is 13.8 Å². The summed E-state index contributed by atoms with van der Waals surface area (Å²) in [5.74, 6) is -0.684. The summed E-state index contributed by atoms with van der Waals surface area (Å²) < 4.78 is 11.9.